The molecule has 0 unspecified atom stereocenters. The van der Waals surface area contributed by atoms with Crippen molar-refractivity contribution < 1.29 is 23.8 Å². The van der Waals surface area contributed by atoms with Crippen LogP contribution in [0.15, 0.2) is 35.9 Å². The van der Waals surface area contributed by atoms with Gasteiger partial charge in [0.1, 0.15) is 11.5 Å². The van der Waals surface area contributed by atoms with E-state index in [1.807, 2.05) is 6.92 Å². The number of ketones is 1. The van der Waals surface area contributed by atoms with Gasteiger partial charge in [-0.3, -0.25) is 4.79 Å². The summed E-state index contributed by atoms with van der Waals surface area (Å²) >= 11 is 0. The first-order valence-electron chi connectivity index (χ1n) is 7.69. The summed E-state index contributed by atoms with van der Waals surface area (Å²) in [7, 11) is 1.49. The molecule has 0 saturated carbocycles. The molecule has 1 aromatic carbocycles. The van der Waals surface area contributed by atoms with Crippen LogP contribution in [0.25, 0.3) is 0 Å². The van der Waals surface area contributed by atoms with Crippen LogP contribution in [0.3, 0.4) is 0 Å². The molecule has 5 nitrogen and oxygen atoms in total. The van der Waals surface area contributed by atoms with E-state index >= 15 is 0 Å². The van der Waals surface area contributed by atoms with E-state index in [0.717, 1.165) is 5.57 Å². The predicted molar refractivity (Wildman–Crippen MR) is 90.5 cm³/mol. The van der Waals surface area contributed by atoms with E-state index in [2.05, 4.69) is 6.58 Å². The number of rotatable bonds is 5. The van der Waals surface area contributed by atoms with Crippen LogP contribution in [0.2, 0.25) is 0 Å². The number of fused-ring (bicyclic) bond motifs is 1. The number of carbonyl (C=O) groups is 2. The summed E-state index contributed by atoms with van der Waals surface area (Å²) in [5, 5.41) is 0. The number of allylic oxidation sites excluding steroid dienone is 1. The fourth-order valence-electron chi connectivity index (χ4n) is 2.52. The van der Waals surface area contributed by atoms with E-state index in [1.54, 1.807) is 32.1 Å². The third-order valence-electron chi connectivity index (χ3n) is 4.02. The molecule has 0 amide bonds. The Morgan fingerprint density at radius 3 is 2.42 bits per heavy atom. The van der Waals surface area contributed by atoms with Gasteiger partial charge < -0.3 is 14.2 Å². The van der Waals surface area contributed by atoms with Crippen molar-refractivity contribution in [3.63, 3.8) is 0 Å². The molecule has 0 aliphatic carbocycles. The molecular formula is C19H22O5. The lowest BCUT2D eigenvalue weighted by molar-refractivity contribution is -0.146. The van der Waals surface area contributed by atoms with E-state index in [-0.39, 0.29) is 5.78 Å². The van der Waals surface area contributed by atoms with Crippen LogP contribution in [-0.2, 0) is 9.53 Å². The molecule has 1 aliphatic rings. The quantitative estimate of drug-likeness (QED) is 0.356. The molecule has 1 aliphatic heterocycles. The second-order valence-corrected chi connectivity index (χ2v) is 5.83. The number of esters is 1. The standard InChI is InChI=1S/C19H22O5/c1-7-11(4)19(21)24-18-14-8-13(12(5)20)15(22-6)9-16(14)23-17(18)10(2)3/h7-9,17-18H,2H2,1,3-6H3/t17-,18-/m0/s1. The van der Waals surface area contributed by atoms with Gasteiger partial charge in [-0.2, -0.15) is 0 Å². The highest BCUT2D eigenvalue weighted by Gasteiger charge is 2.39. The fraction of sp³-hybridized carbons (Fsp3) is 0.368. The Bertz CT molecular complexity index is 730. The molecule has 0 bridgehead atoms. The molecule has 0 fully saturated rings. The summed E-state index contributed by atoms with van der Waals surface area (Å²) in [6, 6.07) is 3.32. The first-order valence-corrected chi connectivity index (χ1v) is 7.69. The first-order chi connectivity index (χ1) is 11.3. The summed E-state index contributed by atoms with van der Waals surface area (Å²) in [4.78, 5) is 24.1. The molecule has 2 rings (SSSR count). The second kappa shape index (κ2) is 6.91. The van der Waals surface area contributed by atoms with Crippen molar-refractivity contribution in [2.24, 2.45) is 0 Å². The molecule has 0 spiro atoms. The number of hydrogen-bond acceptors (Lipinski definition) is 5. The lowest BCUT2D eigenvalue weighted by Gasteiger charge is -2.20. The van der Waals surface area contributed by atoms with E-state index in [0.29, 0.717) is 28.2 Å². The molecule has 0 aromatic heterocycles. The van der Waals surface area contributed by atoms with Crippen LogP contribution in [-0.4, -0.2) is 25.0 Å². The van der Waals surface area contributed by atoms with Gasteiger partial charge in [-0.1, -0.05) is 12.7 Å². The van der Waals surface area contributed by atoms with Crippen molar-refractivity contribution in [3.8, 4) is 11.5 Å². The van der Waals surface area contributed by atoms with E-state index in [4.69, 9.17) is 14.2 Å². The Morgan fingerprint density at radius 2 is 1.92 bits per heavy atom. The Morgan fingerprint density at radius 1 is 1.25 bits per heavy atom. The molecular weight excluding hydrogens is 308 g/mol. The zero-order valence-corrected chi connectivity index (χ0v) is 14.6. The van der Waals surface area contributed by atoms with Crippen molar-refractivity contribution >= 4 is 11.8 Å². The summed E-state index contributed by atoms with van der Waals surface area (Å²) in [5.74, 6) is 0.396. The maximum atomic E-state index is 12.2. The molecule has 24 heavy (non-hydrogen) atoms. The molecule has 2 atom stereocenters. The first kappa shape index (κ1) is 17.8. The van der Waals surface area contributed by atoms with Crippen LogP contribution in [0.5, 0.6) is 11.5 Å². The summed E-state index contributed by atoms with van der Waals surface area (Å²) in [5.41, 5.74) is 2.30. The average molecular weight is 330 g/mol. The molecule has 128 valence electrons. The van der Waals surface area contributed by atoms with Crippen molar-refractivity contribution in [2.45, 2.75) is 39.9 Å². The third kappa shape index (κ3) is 3.20. The molecule has 5 heteroatoms. The van der Waals surface area contributed by atoms with Gasteiger partial charge in [0.25, 0.3) is 0 Å². The van der Waals surface area contributed by atoms with Gasteiger partial charge in [-0.05, 0) is 39.3 Å². The van der Waals surface area contributed by atoms with Crippen molar-refractivity contribution in [1.29, 1.82) is 0 Å². The number of methoxy groups -OCH3 is 1. The minimum atomic E-state index is -0.649. The molecule has 0 N–H and O–H groups in total. The van der Waals surface area contributed by atoms with Gasteiger partial charge >= 0.3 is 5.97 Å². The zero-order chi connectivity index (χ0) is 18.0. The number of carbonyl (C=O) groups excluding carboxylic acids is 2. The lowest BCUT2D eigenvalue weighted by atomic mass is 9.98. The minimum Gasteiger partial charge on any atom is -0.496 e. The largest absolute Gasteiger partial charge is 0.496 e. The average Bonchev–Trinajstić information content (AvgIpc) is 2.90. The Hall–Kier alpha value is -2.56. The highest BCUT2D eigenvalue weighted by Crippen LogP contribution is 2.44. The molecule has 0 radical (unpaired) electrons. The normalized spacial score (nSPS) is 19.3. The number of ether oxygens (including phenoxy) is 3. The van der Waals surface area contributed by atoms with Gasteiger partial charge in [0.05, 0.1) is 12.7 Å². The highest BCUT2D eigenvalue weighted by atomic mass is 16.6. The van der Waals surface area contributed by atoms with Crippen LogP contribution in [0, 0.1) is 0 Å². The number of hydrogen-bond donors (Lipinski definition) is 0. The van der Waals surface area contributed by atoms with Gasteiger partial charge in [0.2, 0.25) is 0 Å². The van der Waals surface area contributed by atoms with Crippen LogP contribution in [0.4, 0.5) is 0 Å². The van der Waals surface area contributed by atoms with Crippen molar-refractivity contribution in [2.75, 3.05) is 7.11 Å². The lowest BCUT2D eigenvalue weighted by Crippen LogP contribution is -2.24. The van der Waals surface area contributed by atoms with Gasteiger partial charge in [-0.25, -0.2) is 4.79 Å². The highest BCUT2D eigenvalue weighted by molar-refractivity contribution is 5.97. The monoisotopic (exact) mass is 330 g/mol. The van der Waals surface area contributed by atoms with E-state index in [9.17, 15) is 9.59 Å². The predicted octanol–water partition coefficient (Wildman–Crippen LogP) is 3.79. The number of Topliss-reactive ketones (excluding diaryl/α,β-unsaturated/α-hetero) is 1. The molecule has 1 aromatic rings. The maximum Gasteiger partial charge on any atom is 0.334 e. The van der Waals surface area contributed by atoms with Crippen LogP contribution < -0.4 is 9.47 Å². The smallest absolute Gasteiger partial charge is 0.334 e. The summed E-state index contributed by atoms with van der Waals surface area (Å²) < 4.78 is 16.8. The third-order valence-corrected chi connectivity index (χ3v) is 4.02. The van der Waals surface area contributed by atoms with Crippen molar-refractivity contribution in [3.05, 3.63) is 47.1 Å². The molecule has 0 saturated heterocycles. The van der Waals surface area contributed by atoms with Gasteiger partial charge in [0, 0.05) is 17.2 Å². The van der Waals surface area contributed by atoms with Crippen LogP contribution >= 0.6 is 0 Å². The maximum absolute atomic E-state index is 12.2. The summed E-state index contributed by atoms with van der Waals surface area (Å²) in [6.45, 7) is 10.6. The Kier molecular flexibility index (Phi) is 5.12. The Labute approximate surface area is 141 Å². The van der Waals surface area contributed by atoms with Gasteiger partial charge in [0.15, 0.2) is 18.0 Å². The SMILES string of the molecule is C=C(C)[C@@H]1Oc2cc(OC)c(C(C)=O)cc2[C@@H]1OC(=O)C(C)=CC. The minimum absolute atomic E-state index is 0.136. The number of benzene rings is 1. The summed E-state index contributed by atoms with van der Waals surface area (Å²) in [6.07, 6.45) is 0.536. The molecule has 1 heterocycles. The van der Waals surface area contributed by atoms with Crippen molar-refractivity contribution in [1.82, 2.24) is 0 Å². The second-order valence-electron chi connectivity index (χ2n) is 5.83. The van der Waals surface area contributed by atoms with Crippen LogP contribution in [0.1, 0.15) is 49.7 Å². The zero-order valence-electron chi connectivity index (χ0n) is 14.6. The Balaban J connectivity index is 2.50. The fourth-order valence-corrected chi connectivity index (χ4v) is 2.52. The van der Waals surface area contributed by atoms with E-state index < -0.39 is 18.2 Å². The van der Waals surface area contributed by atoms with E-state index in [1.165, 1.54) is 14.0 Å². The van der Waals surface area contributed by atoms with Gasteiger partial charge in [-0.15, -0.1) is 0 Å². The topological polar surface area (TPSA) is 61.8 Å².